The van der Waals surface area contributed by atoms with Gasteiger partial charge in [0.1, 0.15) is 6.07 Å². The molecule has 0 amide bonds. The number of halogens is 1. The van der Waals surface area contributed by atoms with Crippen molar-refractivity contribution in [1.29, 1.82) is 5.26 Å². The van der Waals surface area contributed by atoms with Gasteiger partial charge in [-0.1, -0.05) is 50.9 Å². The Morgan fingerprint density at radius 1 is 1.14 bits per heavy atom. The van der Waals surface area contributed by atoms with Gasteiger partial charge in [-0.25, -0.2) is 8.42 Å². The monoisotopic (exact) mass is 431 g/mol. The minimum absolute atomic E-state index is 0.485. The van der Waals surface area contributed by atoms with Gasteiger partial charge in [-0.15, -0.1) is 0 Å². The van der Waals surface area contributed by atoms with Gasteiger partial charge in [0, 0.05) is 28.2 Å². The van der Waals surface area contributed by atoms with E-state index < -0.39 is 10.0 Å². The van der Waals surface area contributed by atoms with Crippen molar-refractivity contribution < 1.29 is 8.42 Å². The fraction of sp³-hybridized carbons (Fsp3) is 0.318. The summed E-state index contributed by atoms with van der Waals surface area (Å²) in [5, 5.41) is 11.2. The van der Waals surface area contributed by atoms with E-state index in [0.29, 0.717) is 16.3 Å². The number of unbranched alkanes of at least 4 members (excludes halogenated alkanes) is 1. The van der Waals surface area contributed by atoms with Crippen LogP contribution < -0.4 is 4.72 Å². The van der Waals surface area contributed by atoms with Crippen LogP contribution in [-0.4, -0.2) is 19.2 Å². The number of aryl methyl sites for hydroxylation is 1. The van der Waals surface area contributed by atoms with E-state index in [4.69, 9.17) is 11.6 Å². The van der Waals surface area contributed by atoms with Crippen LogP contribution in [0.4, 0.5) is 5.69 Å². The summed E-state index contributed by atoms with van der Waals surface area (Å²) in [4.78, 5) is 0. The highest BCUT2D eigenvalue weighted by Gasteiger charge is 2.19. The number of nitriles is 1. The quantitative estimate of drug-likeness (QED) is 0.517. The number of aromatic nitrogens is 1. The molecular weight excluding hydrogens is 406 g/mol. The molecule has 7 heteroatoms. The van der Waals surface area contributed by atoms with Crippen LogP contribution in [0.2, 0.25) is 5.02 Å². The van der Waals surface area contributed by atoms with Crippen LogP contribution in [0.1, 0.15) is 39.2 Å². The number of anilines is 1. The first-order valence-corrected chi connectivity index (χ1v) is 11.9. The Kier molecular flexibility index (Phi) is 7.72. The molecule has 0 saturated carbocycles. The lowest BCUT2D eigenvalue weighted by Crippen LogP contribution is -2.09. The van der Waals surface area contributed by atoms with Crippen LogP contribution in [0.25, 0.3) is 22.2 Å². The minimum Gasteiger partial charge on any atom is -0.339 e. The van der Waals surface area contributed by atoms with Crippen molar-refractivity contribution in [3.05, 3.63) is 53.1 Å². The maximum atomic E-state index is 11.4. The molecule has 0 atom stereocenters. The zero-order valence-electron chi connectivity index (χ0n) is 17.2. The van der Waals surface area contributed by atoms with Gasteiger partial charge in [0.05, 0.1) is 17.5 Å². The fourth-order valence-corrected chi connectivity index (χ4v) is 3.94. The summed E-state index contributed by atoms with van der Waals surface area (Å²) in [7, 11) is -3.34. The SMILES string of the molecule is CC.CCCCn1c(-c2ccc(NS(C)(=O)=O)cc2)c(C#N)c2cc(Cl)ccc21. The van der Waals surface area contributed by atoms with Crippen molar-refractivity contribution in [2.24, 2.45) is 0 Å². The molecule has 2 aromatic carbocycles. The molecule has 0 saturated heterocycles. The highest BCUT2D eigenvalue weighted by Crippen LogP contribution is 2.35. The third-order valence-corrected chi connectivity index (χ3v) is 5.18. The van der Waals surface area contributed by atoms with Gasteiger partial charge in [0.25, 0.3) is 0 Å². The Morgan fingerprint density at radius 3 is 2.34 bits per heavy atom. The summed E-state index contributed by atoms with van der Waals surface area (Å²) in [6.07, 6.45) is 3.13. The highest BCUT2D eigenvalue weighted by atomic mass is 35.5. The Hall–Kier alpha value is -2.49. The molecule has 0 unspecified atom stereocenters. The van der Waals surface area contributed by atoms with Gasteiger partial charge < -0.3 is 4.57 Å². The van der Waals surface area contributed by atoms with Gasteiger partial charge in [-0.3, -0.25) is 4.72 Å². The van der Waals surface area contributed by atoms with Crippen molar-refractivity contribution in [3.63, 3.8) is 0 Å². The Bertz CT molecular complexity index is 1130. The topological polar surface area (TPSA) is 74.9 Å². The van der Waals surface area contributed by atoms with E-state index in [2.05, 4.69) is 22.3 Å². The zero-order chi connectivity index (χ0) is 21.6. The second-order valence-corrected chi connectivity index (χ2v) is 8.64. The summed E-state index contributed by atoms with van der Waals surface area (Å²) in [6, 6.07) is 15.0. The summed E-state index contributed by atoms with van der Waals surface area (Å²) in [5.41, 5.74) is 3.72. The minimum atomic E-state index is -3.34. The number of rotatable bonds is 6. The third-order valence-electron chi connectivity index (χ3n) is 4.33. The molecule has 0 bridgehead atoms. The maximum absolute atomic E-state index is 11.4. The predicted octanol–water partition coefficient (Wildman–Crippen LogP) is 6.03. The number of nitrogens with one attached hydrogen (secondary N) is 1. The summed E-state index contributed by atoms with van der Waals surface area (Å²) in [5.74, 6) is 0. The molecule has 154 valence electrons. The smallest absolute Gasteiger partial charge is 0.229 e. The molecule has 0 aliphatic heterocycles. The Morgan fingerprint density at radius 2 is 1.79 bits per heavy atom. The largest absolute Gasteiger partial charge is 0.339 e. The lowest BCUT2D eigenvalue weighted by atomic mass is 10.1. The Labute approximate surface area is 178 Å². The second kappa shape index (κ2) is 9.82. The van der Waals surface area contributed by atoms with Crippen molar-refractivity contribution >= 4 is 38.2 Å². The van der Waals surface area contributed by atoms with E-state index in [1.54, 1.807) is 12.1 Å². The number of nitrogens with zero attached hydrogens (tertiary/aromatic N) is 2. The summed E-state index contributed by atoms with van der Waals surface area (Å²) < 4.78 is 27.4. The number of hydrogen-bond acceptors (Lipinski definition) is 3. The molecule has 0 aliphatic carbocycles. The number of sulfonamides is 1. The Balaban J connectivity index is 0.00000145. The van der Waals surface area contributed by atoms with Crippen molar-refractivity contribution in [1.82, 2.24) is 4.57 Å². The number of hydrogen-bond donors (Lipinski definition) is 1. The van der Waals surface area contributed by atoms with Gasteiger partial charge in [0.15, 0.2) is 0 Å². The lowest BCUT2D eigenvalue weighted by molar-refractivity contribution is 0.607. The molecule has 0 aliphatic rings. The number of fused-ring (bicyclic) bond motifs is 1. The first kappa shape index (κ1) is 22.8. The van der Waals surface area contributed by atoms with Crippen molar-refractivity contribution in [3.8, 4) is 17.3 Å². The number of benzene rings is 2. The van der Waals surface area contributed by atoms with E-state index in [9.17, 15) is 13.7 Å². The molecular formula is C22H26ClN3O2S. The van der Waals surface area contributed by atoms with Crippen LogP contribution in [0.3, 0.4) is 0 Å². The maximum Gasteiger partial charge on any atom is 0.229 e. The van der Waals surface area contributed by atoms with E-state index in [1.807, 2.05) is 44.2 Å². The van der Waals surface area contributed by atoms with Crippen LogP contribution in [0.15, 0.2) is 42.5 Å². The molecule has 1 N–H and O–H groups in total. The average Bonchev–Trinajstić information content (AvgIpc) is 2.99. The highest BCUT2D eigenvalue weighted by molar-refractivity contribution is 7.92. The zero-order valence-corrected chi connectivity index (χ0v) is 18.7. The van der Waals surface area contributed by atoms with Crippen molar-refractivity contribution in [2.45, 2.75) is 40.2 Å². The molecule has 3 aromatic rings. The fourth-order valence-electron chi connectivity index (χ4n) is 3.20. The molecule has 0 spiro atoms. The standard InChI is InChI=1S/C20H20ClN3O2S.C2H6/c1-3-4-11-24-19-10-7-15(21)12-17(19)18(13-22)20(24)14-5-8-16(9-6-14)23-27(2,25)26;1-2/h5-10,12,23H,3-4,11H2,1-2H3;1-2H3. The van der Waals surface area contributed by atoms with Crippen molar-refractivity contribution in [2.75, 3.05) is 11.0 Å². The normalized spacial score (nSPS) is 10.9. The van der Waals surface area contributed by atoms with E-state index >= 15 is 0 Å². The molecule has 1 heterocycles. The van der Waals surface area contributed by atoms with Crippen LogP contribution in [-0.2, 0) is 16.6 Å². The summed E-state index contributed by atoms with van der Waals surface area (Å²) in [6.45, 7) is 6.91. The first-order valence-electron chi connectivity index (χ1n) is 9.64. The van der Waals surface area contributed by atoms with Crippen LogP contribution >= 0.6 is 11.6 Å². The molecule has 3 rings (SSSR count). The molecule has 29 heavy (non-hydrogen) atoms. The molecule has 0 fully saturated rings. The molecule has 0 radical (unpaired) electrons. The molecule has 1 aromatic heterocycles. The van der Waals surface area contributed by atoms with E-state index in [1.165, 1.54) is 0 Å². The van der Waals surface area contributed by atoms with E-state index in [0.717, 1.165) is 47.8 Å². The first-order chi connectivity index (χ1) is 13.8. The predicted molar refractivity (Wildman–Crippen MR) is 122 cm³/mol. The van der Waals surface area contributed by atoms with Crippen LogP contribution in [0.5, 0.6) is 0 Å². The van der Waals surface area contributed by atoms with Gasteiger partial charge >= 0.3 is 0 Å². The van der Waals surface area contributed by atoms with E-state index in [-0.39, 0.29) is 0 Å². The summed E-state index contributed by atoms with van der Waals surface area (Å²) >= 11 is 6.16. The lowest BCUT2D eigenvalue weighted by Gasteiger charge is -2.12. The van der Waals surface area contributed by atoms with Gasteiger partial charge in [-0.05, 0) is 42.3 Å². The average molecular weight is 432 g/mol. The van der Waals surface area contributed by atoms with Crippen LogP contribution in [0, 0.1) is 11.3 Å². The third kappa shape index (κ3) is 5.31. The second-order valence-electron chi connectivity index (χ2n) is 6.45. The molecule has 5 nitrogen and oxygen atoms in total. The van der Waals surface area contributed by atoms with Gasteiger partial charge in [-0.2, -0.15) is 5.26 Å². The van der Waals surface area contributed by atoms with Gasteiger partial charge in [0.2, 0.25) is 10.0 Å².